The summed E-state index contributed by atoms with van der Waals surface area (Å²) in [6.45, 7) is 3.41. The minimum Gasteiger partial charge on any atom is -0.395 e. The first kappa shape index (κ1) is 27.3. The molecular formula is C27H30F3N5O3. The molecule has 1 fully saturated rings. The maximum atomic E-state index is 12.4. The summed E-state index contributed by atoms with van der Waals surface area (Å²) in [5.74, 6) is -0.387. The highest BCUT2D eigenvalue weighted by Crippen LogP contribution is 2.24. The minimum absolute atomic E-state index is 0.0533. The van der Waals surface area contributed by atoms with Crippen LogP contribution in [0.25, 0.3) is 16.9 Å². The molecule has 0 N–H and O–H groups in total. The van der Waals surface area contributed by atoms with Crippen LogP contribution in [0.3, 0.4) is 0 Å². The fourth-order valence-electron chi connectivity index (χ4n) is 4.23. The van der Waals surface area contributed by atoms with E-state index in [0.717, 1.165) is 43.0 Å². The largest absolute Gasteiger partial charge is 0.395 e. The number of Topliss-reactive ketones (excluding diaryl/α,β-unsaturated/α-hetero) is 1. The first-order chi connectivity index (χ1) is 18.2. The molecule has 0 atom stereocenters. The summed E-state index contributed by atoms with van der Waals surface area (Å²) in [5.41, 5.74) is 3.67. The number of fused-ring (bicyclic) bond motifs is 1. The van der Waals surface area contributed by atoms with E-state index < -0.39 is 24.8 Å². The number of hydrogen-bond donors (Lipinski definition) is 0. The number of amides is 1. The molecule has 0 saturated carbocycles. The van der Waals surface area contributed by atoms with E-state index in [1.807, 2.05) is 40.7 Å². The van der Waals surface area contributed by atoms with Crippen molar-refractivity contribution in [3.05, 3.63) is 59.9 Å². The van der Waals surface area contributed by atoms with Gasteiger partial charge in [-0.25, -0.2) is 4.98 Å². The number of carbonyl (C=O) groups excluding carboxylic acids is 2. The molecule has 1 aromatic carbocycles. The summed E-state index contributed by atoms with van der Waals surface area (Å²) in [7, 11) is 2.04. The van der Waals surface area contributed by atoms with Crippen molar-refractivity contribution in [2.75, 3.05) is 39.8 Å². The van der Waals surface area contributed by atoms with E-state index in [9.17, 15) is 22.8 Å². The van der Waals surface area contributed by atoms with Crippen LogP contribution in [-0.4, -0.2) is 83.1 Å². The van der Waals surface area contributed by atoms with Crippen LogP contribution in [0, 0.1) is 0 Å². The van der Waals surface area contributed by atoms with Crippen LogP contribution in [-0.2, 0) is 20.8 Å². The van der Waals surface area contributed by atoms with Gasteiger partial charge in [0.1, 0.15) is 18.0 Å². The number of ketones is 1. The van der Waals surface area contributed by atoms with Crippen molar-refractivity contribution in [2.24, 2.45) is 5.16 Å². The number of benzene rings is 1. The van der Waals surface area contributed by atoms with E-state index in [-0.39, 0.29) is 25.4 Å². The first-order valence-electron chi connectivity index (χ1n) is 12.4. The van der Waals surface area contributed by atoms with Crippen molar-refractivity contribution >= 4 is 23.6 Å². The Kier molecular flexibility index (Phi) is 8.77. The topological polar surface area (TPSA) is 79.5 Å². The van der Waals surface area contributed by atoms with Gasteiger partial charge in [0.2, 0.25) is 5.91 Å². The maximum Gasteiger partial charge on any atom is 0.389 e. The van der Waals surface area contributed by atoms with Crippen LogP contribution >= 0.6 is 0 Å². The number of hydrogen-bond acceptors (Lipinski definition) is 6. The first-order valence-corrected chi connectivity index (χ1v) is 12.4. The Morgan fingerprint density at radius 1 is 1.11 bits per heavy atom. The Labute approximate surface area is 218 Å². The molecule has 11 heteroatoms. The summed E-state index contributed by atoms with van der Waals surface area (Å²) < 4.78 is 39.1. The smallest absolute Gasteiger partial charge is 0.389 e. The van der Waals surface area contributed by atoms with E-state index in [2.05, 4.69) is 15.0 Å². The third-order valence-electron chi connectivity index (χ3n) is 6.39. The van der Waals surface area contributed by atoms with Crippen LogP contribution in [0.4, 0.5) is 13.2 Å². The summed E-state index contributed by atoms with van der Waals surface area (Å²) in [4.78, 5) is 38.0. The number of carbonyl (C=O) groups is 2. The van der Waals surface area contributed by atoms with Crippen LogP contribution in [0.1, 0.15) is 30.4 Å². The molecule has 0 spiro atoms. The number of halogens is 3. The number of imidazole rings is 1. The third kappa shape index (κ3) is 7.64. The van der Waals surface area contributed by atoms with Crippen molar-refractivity contribution < 1.29 is 27.6 Å². The van der Waals surface area contributed by atoms with E-state index in [1.54, 1.807) is 30.6 Å². The van der Waals surface area contributed by atoms with Gasteiger partial charge in [0.15, 0.2) is 0 Å². The average molecular weight is 530 g/mol. The number of piperazine rings is 1. The molecule has 0 bridgehead atoms. The lowest BCUT2D eigenvalue weighted by molar-refractivity contribution is -0.143. The van der Waals surface area contributed by atoms with Gasteiger partial charge in [-0.1, -0.05) is 23.4 Å². The van der Waals surface area contributed by atoms with Crippen LogP contribution in [0.15, 0.2) is 53.9 Å². The molecule has 4 rings (SSSR count). The monoisotopic (exact) mass is 529 g/mol. The van der Waals surface area contributed by atoms with E-state index in [0.29, 0.717) is 11.2 Å². The Morgan fingerprint density at radius 2 is 1.89 bits per heavy atom. The van der Waals surface area contributed by atoms with Gasteiger partial charge in [-0.15, -0.1) is 0 Å². The molecule has 0 radical (unpaired) electrons. The third-order valence-corrected chi connectivity index (χ3v) is 6.39. The van der Waals surface area contributed by atoms with Crippen LogP contribution in [0.2, 0.25) is 0 Å². The Bertz CT molecular complexity index is 1300. The van der Waals surface area contributed by atoms with Gasteiger partial charge in [0.25, 0.3) is 0 Å². The molecule has 202 valence electrons. The SMILES string of the molecule is CN1CCN(C(=O)CCON=Cc2ccn3c(-c4cccc(CC(=O)CCC(F)(F)F)c4)cnc3c2)CC1. The van der Waals surface area contributed by atoms with Gasteiger partial charge in [-0.05, 0) is 30.8 Å². The standard InChI is InChI=1S/C27H30F3N5O3/c1-33-10-12-34(13-11-33)26(37)7-14-38-32-18-21-6-9-35-24(19-31-25(35)17-21)22-4-2-3-20(15-22)16-23(36)5-8-27(28,29)30/h2-4,6,9,15,17-19H,5,7-8,10-14,16H2,1H3. The minimum atomic E-state index is -4.34. The molecule has 0 unspecified atom stereocenters. The Morgan fingerprint density at radius 3 is 2.66 bits per heavy atom. The van der Waals surface area contributed by atoms with Gasteiger partial charge >= 0.3 is 6.18 Å². The van der Waals surface area contributed by atoms with Gasteiger partial charge in [-0.2, -0.15) is 13.2 Å². The van der Waals surface area contributed by atoms with Crippen LogP contribution < -0.4 is 0 Å². The summed E-state index contributed by atoms with van der Waals surface area (Å²) in [6, 6.07) is 10.8. The maximum absolute atomic E-state index is 12.4. The predicted molar refractivity (Wildman–Crippen MR) is 137 cm³/mol. The normalized spacial score (nSPS) is 14.9. The summed E-state index contributed by atoms with van der Waals surface area (Å²) in [6.07, 6.45) is -0.666. The van der Waals surface area contributed by atoms with Crippen LogP contribution in [0.5, 0.6) is 0 Å². The molecule has 1 amide bonds. The second-order valence-corrected chi connectivity index (χ2v) is 9.36. The number of rotatable bonds is 10. The van der Waals surface area contributed by atoms with Crippen molar-refractivity contribution in [2.45, 2.75) is 31.9 Å². The second-order valence-electron chi connectivity index (χ2n) is 9.36. The number of pyridine rings is 1. The fourth-order valence-corrected chi connectivity index (χ4v) is 4.23. The van der Waals surface area contributed by atoms with Gasteiger partial charge < -0.3 is 14.6 Å². The molecule has 8 nitrogen and oxygen atoms in total. The lowest BCUT2D eigenvalue weighted by Gasteiger charge is -2.32. The zero-order chi connectivity index (χ0) is 27.1. The number of likely N-dealkylation sites (N-methyl/N-ethyl adjacent to an activating group) is 1. The highest BCUT2D eigenvalue weighted by molar-refractivity contribution is 5.82. The summed E-state index contributed by atoms with van der Waals surface area (Å²) >= 11 is 0. The molecule has 3 heterocycles. The van der Waals surface area contributed by atoms with Crippen molar-refractivity contribution in [1.29, 1.82) is 0 Å². The number of oxime groups is 1. The zero-order valence-electron chi connectivity index (χ0n) is 21.2. The zero-order valence-corrected chi connectivity index (χ0v) is 21.2. The van der Waals surface area contributed by atoms with Gasteiger partial charge in [0.05, 0.1) is 30.9 Å². The van der Waals surface area contributed by atoms with Gasteiger partial charge in [0, 0.05) is 56.3 Å². The van der Waals surface area contributed by atoms with Crippen molar-refractivity contribution in [1.82, 2.24) is 19.2 Å². The highest BCUT2D eigenvalue weighted by Gasteiger charge is 2.27. The van der Waals surface area contributed by atoms with Crippen molar-refractivity contribution in [3.8, 4) is 11.3 Å². The number of nitrogens with zero attached hydrogens (tertiary/aromatic N) is 5. The van der Waals surface area contributed by atoms with Crippen molar-refractivity contribution in [3.63, 3.8) is 0 Å². The molecule has 3 aromatic rings. The lowest BCUT2D eigenvalue weighted by Crippen LogP contribution is -2.47. The van der Waals surface area contributed by atoms with E-state index in [4.69, 9.17) is 4.84 Å². The summed E-state index contributed by atoms with van der Waals surface area (Å²) in [5, 5.41) is 3.97. The molecule has 1 saturated heterocycles. The number of aromatic nitrogens is 2. The Hall–Kier alpha value is -3.73. The molecule has 1 aliphatic heterocycles. The number of alkyl halides is 3. The van der Waals surface area contributed by atoms with Gasteiger partial charge in [-0.3, -0.25) is 14.0 Å². The molecule has 1 aliphatic rings. The average Bonchev–Trinajstić information content (AvgIpc) is 3.31. The quantitative estimate of drug-likeness (QED) is 0.226. The predicted octanol–water partition coefficient (Wildman–Crippen LogP) is 3.97. The molecule has 0 aliphatic carbocycles. The molecule has 38 heavy (non-hydrogen) atoms. The fraction of sp³-hybridized carbons (Fsp3) is 0.407. The van der Waals surface area contributed by atoms with E-state index >= 15 is 0 Å². The molecule has 2 aromatic heterocycles. The molecular weight excluding hydrogens is 499 g/mol. The Balaban J connectivity index is 1.32. The second kappa shape index (κ2) is 12.2. The lowest BCUT2D eigenvalue weighted by atomic mass is 10.0. The van der Waals surface area contributed by atoms with E-state index in [1.165, 1.54) is 0 Å². The highest BCUT2D eigenvalue weighted by atomic mass is 19.4.